The van der Waals surface area contributed by atoms with Gasteiger partial charge in [-0.2, -0.15) is 0 Å². The molecule has 6 heteroatoms. The average molecular weight is 370 g/mol. The Bertz CT molecular complexity index is 903. The number of nitrogens with one attached hydrogen (secondary N) is 1. The molecule has 0 aliphatic heterocycles. The van der Waals surface area contributed by atoms with Crippen molar-refractivity contribution < 1.29 is 13.9 Å². The number of hydrogen-bond acceptors (Lipinski definition) is 4. The Morgan fingerprint density at radius 3 is 2.69 bits per heavy atom. The van der Waals surface area contributed by atoms with E-state index in [1.165, 1.54) is 23.5 Å². The second-order valence-electron chi connectivity index (χ2n) is 6.05. The van der Waals surface area contributed by atoms with Gasteiger partial charge in [-0.1, -0.05) is 18.2 Å². The number of aryl methyl sites for hydroxylation is 2. The molecule has 26 heavy (non-hydrogen) atoms. The summed E-state index contributed by atoms with van der Waals surface area (Å²) in [6.07, 6.45) is 0. The molecule has 1 N–H and O–H groups in total. The molecule has 0 spiro atoms. The smallest absolute Gasteiger partial charge is 0.271 e. The van der Waals surface area contributed by atoms with Gasteiger partial charge in [0.15, 0.2) is 0 Å². The molecule has 4 nitrogen and oxygen atoms in total. The van der Waals surface area contributed by atoms with E-state index >= 15 is 0 Å². The van der Waals surface area contributed by atoms with E-state index in [0.717, 1.165) is 21.9 Å². The first-order valence-electron chi connectivity index (χ1n) is 8.18. The van der Waals surface area contributed by atoms with E-state index in [2.05, 4.69) is 16.4 Å². The standard InChI is InChI=1S/C20H19FN2O2S/c1-13-6-14(2)8-17(7-13)25-11-19-23-18(12-26-19)20(24)22-10-15-4-3-5-16(21)9-15/h3-9,12H,10-11H2,1-2H3,(H,22,24). The van der Waals surface area contributed by atoms with Crippen molar-refractivity contribution in [2.75, 3.05) is 0 Å². The average Bonchev–Trinajstić information content (AvgIpc) is 3.06. The Balaban J connectivity index is 1.55. The second-order valence-corrected chi connectivity index (χ2v) is 6.99. The summed E-state index contributed by atoms with van der Waals surface area (Å²) in [5.41, 5.74) is 3.31. The molecule has 2 aromatic carbocycles. The van der Waals surface area contributed by atoms with Crippen LogP contribution in [0.2, 0.25) is 0 Å². The van der Waals surface area contributed by atoms with Crippen LogP contribution in [0.3, 0.4) is 0 Å². The summed E-state index contributed by atoms with van der Waals surface area (Å²) in [5.74, 6) is 0.175. The van der Waals surface area contributed by atoms with Gasteiger partial charge in [0.05, 0.1) is 0 Å². The molecule has 0 aliphatic carbocycles. The lowest BCUT2D eigenvalue weighted by Gasteiger charge is -2.06. The predicted molar refractivity (Wildman–Crippen MR) is 99.9 cm³/mol. The number of hydrogen-bond donors (Lipinski definition) is 1. The highest BCUT2D eigenvalue weighted by Crippen LogP contribution is 2.19. The zero-order valence-electron chi connectivity index (χ0n) is 14.6. The lowest BCUT2D eigenvalue weighted by molar-refractivity contribution is 0.0946. The van der Waals surface area contributed by atoms with Gasteiger partial charge in [0.1, 0.15) is 28.9 Å². The fraction of sp³-hybridized carbons (Fsp3) is 0.200. The van der Waals surface area contributed by atoms with Crippen LogP contribution in [0.15, 0.2) is 47.8 Å². The number of benzene rings is 2. The minimum absolute atomic E-state index is 0.253. The van der Waals surface area contributed by atoms with Crippen LogP contribution in [-0.4, -0.2) is 10.9 Å². The summed E-state index contributed by atoms with van der Waals surface area (Å²) in [5, 5.41) is 5.16. The van der Waals surface area contributed by atoms with Gasteiger partial charge in [0, 0.05) is 11.9 Å². The van der Waals surface area contributed by atoms with Crippen molar-refractivity contribution in [2.45, 2.75) is 27.0 Å². The monoisotopic (exact) mass is 370 g/mol. The molecule has 1 amide bonds. The molecule has 3 aromatic rings. The third kappa shape index (κ3) is 4.89. The maximum atomic E-state index is 13.2. The van der Waals surface area contributed by atoms with Crippen LogP contribution in [-0.2, 0) is 13.2 Å². The molecule has 3 rings (SSSR count). The lowest BCUT2D eigenvalue weighted by Crippen LogP contribution is -2.23. The predicted octanol–water partition coefficient (Wildman–Crippen LogP) is 4.41. The molecule has 1 aromatic heterocycles. The first kappa shape index (κ1) is 18.1. The van der Waals surface area contributed by atoms with Crippen LogP contribution in [0.1, 0.15) is 32.2 Å². The molecule has 0 saturated carbocycles. The van der Waals surface area contributed by atoms with Gasteiger partial charge in [-0.3, -0.25) is 4.79 Å². The Kier molecular flexibility index (Phi) is 5.63. The summed E-state index contributed by atoms with van der Waals surface area (Å²) in [6, 6.07) is 12.1. The molecule has 0 unspecified atom stereocenters. The number of aromatic nitrogens is 1. The minimum Gasteiger partial charge on any atom is -0.486 e. The summed E-state index contributed by atoms with van der Waals surface area (Å²) in [4.78, 5) is 16.5. The van der Waals surface area contributed by atoms with Gasteiger partial charge < -0.3 is 10.1 Å². The number of carbonyl (C=O) groups excluding carboxylic acids is 1. The highest BCUT2D eigenvalue weighted by molar-refractivity contribution is 7.09. The van der Waals surface area contributed by atoms with Gasteiger partial charge in [-0.05, 0) is 54.8 Å². The van der Waals surface area contributed by atoms with Crippen molar-refractivity contribution in [1.82, 2.24) is 10.3 Å². The first-order chi connectivity index (χ1) is 12.5. The Morgan fingerprint density at radius 2 is 1.96 bits per heavy atom. The van der Waals surface area contributed by atoms with Gasteiger partial charge in [-0.25, -0.2) is 9.37 Å². The van der Waals surface area contributed by atoms with Crippen molar-refractivity contribution in [1.29, 1.82) is 0 Å². The molecule has 0 radical (unpaired) electrons. The van der Waals surface area contributed by atoms with E-state index in [9.17, 15) is 9.18 Å². The SMILES string of the molecule is Cc1cc(C)cc(OCc2nc(C(=O)NCc3cccc(F)c3)cs2)c1. The summed E-state index contributed by atoms with van der Waals surface area (Å²) >= 11 is 1.37. The Hall–Kier alpha value is -2.73. The summed E-state index contributed by atoms with van der Waals surface area (Å²) < 4.78 is 18.9. The van der Waals surface area contributed by atoms with Crippen molar-refractivity contribution >= 4 is 17.2 Å². The highest BCUT2D eigenvalue weighted by atomic mass is 32.1. The van der Waals surface area contributed by atoms with Crippen molar-refractivity contribution in [2.24, 2.45) is 0 Å². The zero-order valence-corrected chi connectivity index (χ0v) is 15.4. The molecular weight excluding hydrogens is 351 g/mol. The van der Waals surface area contributed by atoms with Crippen LogP contribution in [0.5, 0.6) is 5.75 Å². The molecular formula is C20H19FN2O2S. The largest absolute Gasteiger partial charge is 0.486 e. The molecule has 0 bridgehead atoms. The van der Waals surface area contributed by atoms with E-state index in [4.69, 9.17) is 4.74 Å². The number of ether oxygens (including phenoxy) is 1. The minimum atomic E-state index is -0.323. The maximum Gasteiger partial charge on any atom is 0.271 e. The Morgan fingerprint density at radius 1 is 1.19 bits per heavy atom. The first-order valence-corrected chi connectivity index (χ1v) is 9.06. The number of halogens is 1. The quantitative estimate of drug-likeness (QED) is 0.699. The van der Waals surface area contributed by atoms with Crippen molar-refractivity contribution in [3.63, 3.8) is 0 Å². The number of nitrogens with zero attached hydrogens (tertiary/aromatic N) is 1. The van der Waals surface area contributed by atoms with E-state index in [0.29, 0.717) is 17.9 Å². The summed E-state index contributed by atoms with van der Waals surface area (Å²) in [6.45, 7) is 4.60. The van der Waals surface area contributed by atoms with Crippen LogP contribution >= 0.6 is 11.3 Å². The van der Waals surface area contributed by atoms with E-state index in [1.54, 1.807) is 17.5 Å². The van der Waals surface area contributed by atoms with Crippen molar-refractivity contribution in [3.05, 3.63) is 81.1 Å². The van der Waals surface area contributed by atoms with Crippen LogP contribution < -0.4 is 10.1 Å². The van der Waals surface area contributed by atoms with Gasteiger partial charge in [0.25, 0.3) is 5.91 Å². The number of rotatable bonds is 6. The molecule has 0 atom stereocenters. The van der Waals surface area contributed by atoms with Crippen LogP contribution in [0.25, 0.3) is 0 Å². The molecule has 0 aliphatic rings. The van der Waals surface area contributed by atoms with E-state index < -0.39 is 0 Å². The van der Waals surface area contributed by atoms with Crippen LogP contribution in [0.4, 0.5) is 4.39 Å². The van der Waals surface area contributed by atoms with Gasteiger partial charge >= 0.3 is 0 Å². The fourth-order valence-corrected chi connectivity index (χ4v) is 3.25. The highest BCUT2D eigenvalue weighted by Gasteiger charge is 2.11. The van der Waals surface area contributed by atoms with Gasteiger partial charge in [0.2, 0.25) is 0 Å². The zero-order chi connectivity index (χ0) is 18.5. The fourth-order valence-electron chi connectivity index (χ4n) is 2.56. The molecule has 0 saturated heterocycles. The van der Waals surface area contributed by atoms with Gasteiger partial charge in [-0.15, -0.1) is 11.3 Å². The number of thiazole rings is 1. The van der Waals surface area contributed by atoms with Crippen LogP contribution in [0, 0.1) is 19.7 Å². The molecule has 0 fully saturated rings. The molecule has 134 valence electrons. The third-order valence-corrected chi connectivity index (χ3v) is 4.51. The maximum absolute atomic E-state index is 13.2. The Labute approximate surface area is 155 Å². The third-order valence-electron chi connectivity index (χ3n) is 3.68. The number of amides is 1. The second kappa shape index (κ2) is 8.10. The lowest BCUT2D eigenvalue weighted by atomic mass is 10.1. The molecule has 1 heterocycles. The normalized spacial score (nSPS) is 10.6. The van der Waals surface area contributed by atoms with E-state index in [-0.39, 0.29) is 18.3 Å². The van der Waals surface area contributed by atoms with E-state index in [1.807, 2.05) is 26.0 Å². The van der Waals surface area contributed by atoms with Crippen molar-refractivity contribution in [3.8, 4) is 5.75 Å². The topological polar surface area (TPSA) is 51.2 Å². The summed E-state index contributed by atoms with van der Waals surface area (Å²) in [7, 11) is 0. The number of carbonyl (C=O) groups is 1.